The van der Waals surface area contributed by atoms with Gasteiger partial charge < -0.3 is 0 Å². The fourth-order valence-electron chi connectivity index (χ4n) is 5.35. The average Bonchev–Trinajstić information content (AvgIpc) is 3.37. The van der Waals surface area contributed by atoms with Gasteiger partial charge in [0.25, 0.3) is 5.92 Å². The van der Waals surface area contributed by atoms with Crippen molar-refractivity contribution in [2.45, 2.75) is 44.6 Å². The third-order valence-electron chi connectivity index (χ3n) is 7.66. The molecular weight excluding hydrogens is 476 g/mol. The third-order valence-corrected chi connectivity index (χ3v) is 8.62. The first-order chi connectivity index (χ1) is 17.4. The van der Waals surface area contributed by atoms with E-state index in [1.165, 1.54) is 29.0 Å². The summed E-state index contributed by atoms with van der Waals surface area (Å²) in [6, 6.07) is 16.9. The van der Waals surface area contributed by atoms with E-state index in [-0.39, 0.29) is 6.42 Å². The lowest BCUT2D eigenvalue weighted by Crippen LogP contribution is -2.32. The van der Waals surface area contributed by atoms with Gasteiger partial charge in [0.15, 0.2) is 5.82 Å². The number of likely N-dealkylation sites (tertiary alicyclic amines) is 1. The van der Waals surface area contributed by atoms with E-state index in [0.29, 0.717) is 12.5 Å². The predicted octanol–water partition coefficient (Wildman–Crippen LogP) is 6.31. The van der Waals surface area contributed by atoms with Gasteiger partial charge >= 0.3 is 0 Å². The Morgan fingerprint density at radius 1 is 1.08 bits per heavy atom. The van der Waals surface area contributed by atoms with Gasteiger partial charge in [-0.15, -0.1) is 0 Å². The zero-order valence-corrected chi connectivity index (χ0v) is 21.5. The van der Waals surface area contributed by atoms with Crippen LogP contribution in [0.1, 0.15) is 42.0 Å². The maximum absolute atomic E-state index is 13.5. The van der Waals surface area contributed by atoms with Crippen LogP contribution in [0, 0.1) is 12.8 Å². The Balaban J connectivity index is 1.15. The van der Waals surface area contributed by atoms with Gasteiger partial charge in [0.2, 0.25) is 0 Å². The second-order valence-electron chi connectivity index (χ2n) is 10.3. The highest BCUT2D eigenvalue weighted by Gasteiger charge is 2.57. The van der Waals surface area contributed by atoms with Gasteiger partial charge in [0, 0.05) is 55.8 Å². The van der Waals surface area contributed by atoms with Crippen LogP contribution in [0.4, 0.5) is 20.3 Å². The van der Waals surface area contributed by atoms with Crippen LogP contribution in [0.25, 0.3) is 11.3 Å². The molecule has 4 heterocycles. The smallest absolute Gasteiger partial charge is 0.253 e. The number of alkyl halides is 2. The fraction of sp³-hybridized carbons (Fsp3) is 0.429. The van der Waals surface area contributed by atoms with Gasteiger partial charge in [0.05, 0.1) is 23.5 Å². The number of halogens is 2. The van der Waals surface area contributed by atoms with E-state index >= 15 is 0 Å². The molecule has 0 N–H and O–H groups in total. The molecular formula is C28H31F2N5S. The third kappa shape index (κ3) is 4.68. The minimum absolute atomic E-state index is 0.0125. The lowest BCUT2D eigenvalue weighted by Gasteiger charge is -2.31. The second kappa shape index (κ2) is 9.30. The standard InChI is InChI=1S/C28H31F2N5S/c1-19-6-7-20(17-34-13-10-21(11-14-34)24-5-3-4-12-31-24)15-23(19)25-8-9-26-27(32-25)33(2)36-35(26)18-22-16-28(22,29)30/h3-9,12,15,21-22H,10-11,13-14,16-18H2,1-2H3. The Bertz CT molecular complexity index is 1250. The molecule has 36 heavy (non-hydrogen) atoms. The molecule has 8 heteroatoms. The number of piperidine rings is 1. The quantitative estimate of drug-likeness (QED) is 0.364. The predicted molar refractivity (Wildman–Crippen MR) is 142 cm³/mol. The van der Waals surface area contributed by atoms with E-state index in [4.69, 9.17) is 4.98 Å². The zero-order chi connectivity index (χ0) is 24.9. The Labute approximate surface area is 215 Å². The summed E-state index contributed by atoms with van der Waals surface area (Å²) in [5, 5.41) is 0. The number of nitrogens with zero attached hydrogens (tertiary/aromatic N) is 5. The highest BCUT2D eigenvalue weighted by molar-refractivity contribution is 8.02. The molecule has 0 radical (unpaired) electrons. The maximum atomic E-state index is 13.5. The molecule has 0 bridgehead atoms. The molecule has 3 aromatic rings. The molecule has 1 unspecified atom stereocenters. The number of rotatable bonds is 6. The molecule has 2 fully saturated rings. The van der Waals surface area contributed by atoms with Crippen molar-refractivity contribution in [3.8, 4) is 11.3 Å². The maximum Gasteiger partial charge on any atom is 0.253 e. The van der Waals surface area contributed by atoms with E-state index in [9.17, 15) is 8.78 Å². The van der Waals surface area contributed by atoms with Crippen LogP contribution >= 0.6 is 12.1 Å². The van der Waals surface area contributed by atoms with Crippen molar-refractivity contribution in [3.05, 3.63) is 71.5 Å². The Kier molecular flexibility index (Phi) is 6.12. The molecule has 2 aromatic heterocycles. The van der Waals surface area contributed by atoms with Crippen molar-refractivity contribution in [2.24, 2.45) is 5.92 Å². The summed E-state index contributed by atoms with van der Waals surface area (Å²) >= 11 is 1.46. The SMILES string of the molecule is Cc1ccc(CN2CCC(c3ccccn3)CC2)cc1-c1ccc2c(n1)N(C)SN2CC1CC1(F)F. The van der Waals surface area contributed by atoms with E-state index in [2.05, 4.69) is 47.1 Å². The number of fused-ring (bicyclic) bond motifs is 1. The summed E-state index contributed by atoms with van der Waals surface area (Å²) in [4.78, 5) is 12.1. The monoisotopic (exact) mass is 507 g/mol. The van der Waals surface area contributed by atoms with Gasteiger partial charge in [-0.05, 0) is 74.3 Å². The summed E-state index contributed by atoms with van der Waals surface area (Å²) < 4.78 is 30.9. The topological polar surface area (TPSA) is 35.5 Å². The Morgan fingerprint density at radius 2 is 1.89 bits per heavy atom. The van der Waals surface area contributed by atoms with Crippen molar-refractivity contribution in [1.29, 1.82) is 0 Å². The van der Waals surface area contributed by atoms with Gasteiger partial charge in [-0.25, -0.2) is 13.8 Å². The van der Waals surface area contributed by atoms with Crippen molar-refractivity contribution in [2.75, 3.05) is 35.3 Å². The van der Waals surface area contributed by atoms with E-state index in [1.807, 2.05) is 40.1 Å². The zero-order valence-electron chi connectivity index (χ0n) is 20.7. The summed E-state index contributed by atoms with van der Waals surface area (Å²) in [6.07, 6.45) is 4.15. The van der Waals surface area contributed by atoms with Gasteiger partial charge in [-0.2, -0.15) is 0 Å². The second-order valence-corrected chi connectivity index (χ2v) is 11.4. The molecule has 5 nitrogen and oxygen atoms in total. The molecule has 0 amide bonds. The molecule has 0 spiro atoms. The highest BCUT2D eigenvalue weighted by atomic mass is 32.2. The first kappa shape index (κ1) is 23.7. The summed E-state index contributed by atoms with van der Waals surface area (Å²) in [5.41, 5.74) is 6.65. The Hall–Kier alpha value is -2.71. The minimum Gasteiger partial charge on any atom is -0.299 e. The van der Waals surface area contributed by atoms with Crippen LogP contribution < -0.4 is 8.61 Å². The van der Waals surface area contributed by atoms with Crippen LogP contribution in [-0.4, -0.2) is 47.5 Å². The lowest BCUT2D eigenvalue weighted by molar-refractivity contribution is 0.101. The molecule has 1 atom stereocenters. The normalized spacial score (nSPS) is 21.6. The minimum atomic E-state index is -2.51. The van der Waals surface area contributed by atoms with Crippen LogP contribution in [-0.2, 0) is 6.54 Å². The summed E-state index contributed by atoms with van der Waals surface area (Å²) in [5.74, 6) is -1.69. The summed E-state index contributed by atoms with van der Waals surface area (Å²) in [7, 11) is 1.95. The van der Waals surface area contributed by atoms with Crippen LogP contribution in [0.15, 0.2) is 54.7 Å². The fourth-order valence-corrected chi connectivity index (χ4v) is 6.34. The summed E-state index contributed by atoms with van der Waals surface area (Å²) in [6.45, 7) is 5.53. The lowest BCUT2D eigenvalue weighted by atomic mass is 9.92. The van der Waals surface area contributed by atoms with E-state index in [0.717, 1.165) is 55.2 Å². The first-order valence-corrected chi connectivity index (χ1v) is 13.4. The van der Waals surface area contributed by atoms with Crippen molar-refractivity contribution in [3.63, 3.8) is 0 Å². The van der Waals surface area contributed by atoms with E-state index < -0.39 is 11.8 Å². The number of benzene rings is 1. The molecule has 1 saturated carbocycles. The number of hydrogen-bond acceptors (Lipinski definition) is 6. The van der Waals surface area contributed by atoms with Gasteiger partial charge in [-0.1, -0.05) is 18.2 Å². The van der Waals surface area contributed by atoms with Crippen molar-refractivity contribution >= 4 is 23.6 Å². The molecule has 6 rings (SSSR count). The number of pyridine rings is 2. The molecule has 1 saturated heterocycles. The van der Waals surface area contributed by atoms with Crippen molar-refractivity contribution < 1.29 is 8.78 Å². The average molecular weight is 508 g/mol. The molecule has 3 aliphatic rings. The van der Waals surface area contributed by atoms with Crippen LogP contribution in [0.2, 0.25) is 0 Å². The molecule has 188 valence electrons. The van der Waals surface area contributed by atoms with Gasteiger partial charge in [0.1, 0.15) is 0 Å². The number of anilines is 2. The van der Waals surface area contributed by atoms with Crippen LogP contribution in [0.3, 0.4) is 0 Å². The van der Waals surface area contributed by atoms with Gasteiger partial charge in [-0.3, -0.25) is 18.5 Å². The molecule has 2 aliphatic heterocycles. The molecule has 1 aliphatic carbocycles. The van der Waals surface area contributed by atoms with Crippen molar-refractivity contribution in [1.82, 2.24) is 14.9 Å². The number of hydrogen-bond donors (Lipinski definition) is 0. The first-order valence-electron chi connectivity index (χ1n) is 12.7. The number of aryl methyl sites for hydroxylation is 1. The molecule has 1 aromatic carbocycles. The highest BCUT2D eigenvalue weighted by Crippen LogP contribution is 2.52. The Morgan fingerprint density at radius 3 is 2.61 bits per heavy atom. The van der Waals surface area contributed by atoms with E-state index in [1.54, 1.807) is 0 Å². The largest absolute Gasteiger partial charge is 0.299 e. The number of aromatic nitrogens is 2. The van der Waals surface area contributed by atoms with Crippen LogP contribution in [0.5, 0.6) is 0 Å².